The van der Waals surface area contributed by atoms with Crippen molar-refractivity contribution in [3.05, 3.63) is 0 Å². The molecular weight excluding hydrogens is 288 g/mol. The van der Waals surface area contributed by atoms with E-state index in [2.05, 4.69) is 36.3 Å². The zero-order chi connectivity index (χ0) is 16.5. The maximum absolute atomic E-state index is 5.67. The van der Waals surface area contributed by atoms with Crippen molar-refractivity contribution in [1.29, 1.82) is 0 Å². The number of nitrogens with one attached hydrogen (secondary N) is 2. The van der Waals surface area contributed by atoms with Crippen LogP contribution in [0.5, 0.6) is 0 Å². The van der Waals surface area contributed by atoms with Crippen molar-refractivity contribution in [3.63, 3.8) is 0 Å². The average molecular weight is 325 g/mol. The molecule has 0 aromatic carbocycles. The van der Waals surface area contributed by atoms with E-state index in [9.17, 15) is 0 Å². The Morgan fingerprint density at radius 2 is 1.91 bits per heavy atom. The molecule has 23 heavy (non-hydrogen) atoms. The molecule has 0 unspecified atom stereocenters. The highest BCUT2D eigenvalue weighted by atomic mass is 16.5. The predicted octanol–water partition coefficient (Wildman–Crippen LogP) is 2.23. The Hall–Kier alpha value is -0.810. The third-order valence-electron chi connectivity index (χ3n) is 4.77. The fourth-order valence-corrected chi connectivity index (χ4v) is 2.99. The molecule has 0 aromatic rings. The lowest BCUT2D eigenvalue weighted by Crippen LogP contribution is -2.49. The van der Waals surface area contributed by atoms with Gasteiger partial charge in [0.2, 0.25) is 0 Å². The molecule has 134 valence electrons. The Bertz CT molecular complexity index is 360. The predicted molar refractivity (Wildman–Crippen MR) is 97.0 cm³/mol. The normalized spacial score (nSPS) is 20.6. The maximum Gasteiger partial charge on any atom is 0.191 e. The molecule has 2 fully saturated rings. The van der Waals surface area contributed by atoms with E-state index in [4.69, 9.17) is 9.73 Å². The molecular formula is C18H36N4O. The largest absolute Gasteiger partial charge is 0.379 e. The van der Waals surface area contributed by atoms with Crippen LogP contribution in [-0.2, 0) is 4.74 Å². The summed E-state index contributed by atoms with van der Waals surface area (Å²) in [6.07, 6.45) is 6.72. The second-order valence-electron chi connectivity index (χ2n) is 7.50. The van der Waals surface area contributed by atoms with Crippen molar-refractivity contribution in [2.45, 2.75) is 58.4 Å². The Morgan fingerprint density at radius 1 is 1.17 bits per heavy atom. The van der Waals surface area contributed by atoms with Crippen LogP contribution in [0.1, 0.15) is 52.9 Å². The molecule has 5 heteroatoms. The third-order valence-corrected chi connectivity index (χ3v) is 4.77. The van der Waals surface area contributed by atoms with Crippen molar-refractivity contribution in [3.8, 4) is 0 Å². The quantitative estimate of drug-likeness (QED) is 0.388. The molecule has 2 aliphatic rings. The SMILES string of the molecule is CCNC(=NCC(C)(C)N1CCCCC1)NCCOCC1CC1. The summed E-state index contributed by atoms with van der Waals surface area (Å²) < 4.78 is 5.67. The van der Waals surface area contributed by atoms with Gasteiger partial charge in [-0.05, 0) is 65.5 Å². The highest BCUT2D eigenvalue weighted by Gasteiger charge is 2.27. The monoisotopic (exact) mass is 324 g/mol. The van der Waals surface area contributed by atoms with Crippen LogP contribution in [0.4, 0.5) is 0 Å². The fourth-order valence-electron chi connectivity index (χ4n) is 2.99. The van der Waals surface area contributed by atoms with E-state index in [0.717, 1.165) is 44.7 Å². The van der Waals surface area contributed by atoms with Crippen LogP contribution in [0.2, 0.25) is 0 Å². The lowest BCUT2D eigenvalue weighted by Gasteiger charge is -2.40. The Kier molecular flexibility index (Phi) is 7.63. The van der Waals surface area contributed by atoms with Gasteiger partial charge in [0.1, 0.15) is 0 Å². The van der Waals surface area contributed by atoms with Crippen molar-refractivity contribution in [1.82, 2.24) is 15.5 Å². The summed E-state index contributed by atoms with van der Waals surface area (Å²) in [7, 11) is 0. The summed E-state index contributed by atoms with van der Waals surface area (Å²) in [6, 6.07) is 0. The van der Waals surface area contributed by atoms with Gasteiger partial charge in [-0.25, -0.2) is 0 Å². The van der Waals surface area contributed by atoms with E-state index in [-0.39, 0.29) is 5.54 Å². The van der Waals surface area contributed by atoms with E-state index >= 15 is 0 Å². The molecule has 0 amide bonds. The van der Waals surface area contributed by atoms with Crippen molar-refractivity contribution in [2.75, 3.05) is 45.9 Å². The minimum Gasteiger partial charge on any atom is -0.379 e. The standard InChI is InChI=1S/C18H36N4O/c1-4-19-17(20-10-13-23-14-16-8-9-16)21-15-18(2,3)22-11-6-5-7-12-22/h16H,4-15H2,1-3H3,(H2,19,20,21). The van der Waals surface area contributed by atoms with Crippen LogP contribution in [0.15, 0.2) is 4.99 Å². The van der Waals surface area contributed by atoms with Gasteiger partial charge < -0.3 is 15.4 Å². The van der Waals surface area contributed by atoms with E-state index in [1.165, 1.54) is 45.2 Å². The first-order chi connectivity index (χ1) is 11.1. The summed E-state index contributed by atoms with van der Waals surface area (Å²) in [5, 5.41) is 6.72. The number of ether oxygens (including phenoxy) is 1. The number of rotatable bonds is 9. The molecule has 0 radical (unpaired) electrons. The van der Waals surface area contributed by atoms with Gasteiger partial charge >= 0.3 is 0 Å². The minimum absolute atomic E-state index is 0.130. The molecule has 1 aliphatic carbocycles. The number of hydrogen-bond donors (Lipinski definition) is 2. The number of guanidine groups is 1. The Morgan fingerprint density at radius 3 is 2.57 bits per heavy atom. The van der Waals surface area contributed by atoms with E-state index in [1.807, 2.05) is 0 Å². The second kappa shape index (κ2) is 9.48. The first-order valence-corrected chi connectivity index (χ1v) is 9.47. The highest BCUT2D eigenvalue weighted by Crippen LogP contribution is 2.28. The number of piperidine rings is 1. The Balaban J connectivity index is 1.71. The van der Waals surface area contributed by atoms with Gasteiger partial charge in [-0.2, -0.15) is 0 Å². The minimum atomic E-state index is 0.130. The molecule has 0 spiro atoms. The zero-order valence-electron chi connectivity index (χ0n) is 15.4. The first-order valence-electron chi connectivity index (χ1n) is 9.47. The first kappa shape index (κ1) is 18.5. The van der Waals surface area contributed by atoms with Gasteiger partial charge in [0.15, 0.2) is 5.96 Å². The zero-order valence-corrected chi connectivity index (χ0v) is 15.4. The van der Waals surface area contributed by atoms with Crippen LogP contribution in [0.25, 0.3) is 0 Å². The van der Waals surface area contributed by atoms with Gasteiger partial charge in [0.05, 0.1) is 13.2 Å². The number of likely N-dealkylation sites (tertiary alicyclic amines) is 1. The van der Waals surface area contributed by atoms with Crippen LogP contribution in [0, 0.1) is 5.92 Å². The number of aliphatic imine (C=N–C) groups is 1. The number of nitrogens with zero attached hydrogens (tertiary/aromatic N) is 2. The van der Waals surface area contributed by atoms with Gasteiger partial charge in [0.25, 0.3) is 0 Å². The Labute approximate surface area is 142 Å². The van der Waals surface area contributed by atoms with Crippen LogP contribution < -0.4 is 10.6 Å². The van der Waals surface area contributed by atoms with Crippen LogP contribution in [0.3, 0.4) is 0 Å². The third kappa shape index (κ3) is 7.08. The van der Waals surface area contributed by atoms with Gasteiger partial charge in [-0.15, -0.1) is 0 Å². The summed E-state index contributed by atoms with van der Waals surface area (Å²) in [4.78, 5) is 7.39. The second-order valence-corrected chi connectivity index (χ2v) is 7.50. The molecule has 0 atom stereocenters. The maximum atomic E-state index is 5.67. The van der Waals surface area contributed by atoms with Crippen LogP contribution in [-0.4, -0.2) is 62.3 Å². The lowest BCUT2D eigenvalue weighted by molar-refractivity contribution is 0.102. The van der Waals surface area contributed by atoms with Gasteiger partial charge in [-0.3, -0.25) is 9.89 Å². The molecule has 1 saturated heterocycles. The molecule has 1 aliphatic heterocycles. The van der Waals surface area contributed by atoms with E-state index in [0.29, 0.717) is 0 Å². The average Bonchev–Trinajstić information content (AvgIpc) is 3.37. The summed E-state index contributed by atoms with van der Waals surface area (Å²) in [6.45, 7) is 13.4. The summed E-state index contributed by atoms with van der Waals surface area (Å²) in [5.74, 6) is 1.75. The summed E-state index contributed by atoms with van der Waals surface area (Å²) in [5.41, 5.74) is 0.130. The topological polar surface area (TPSA) is 48.9 Å². The molecule has 0 aromatic heterocycles. The van der Waals surface area contributed by atoms with Gasteiger partial charge in [0, 0.05) is 25.2 Å². The smallest absolute Gasteiger partial charge is 0.191 e. The fraction of sp³-hybridized carbons (Fsp3) is 0.944. The van der Waals surface area contributed by atoms with E-state index in [1.54, 1.807) is 0 Å². The highest BCUT2D eigenvalue weighted by molar-refractivity contribution is 5.79. The van der Waals surface area contributed by atoms with E-state index < -0.39 is 0 Å². The molecule has 2 N–H and O–H groups in total. The van der Waals surface area contributed by atoms with Gasteiger partial charge in [-0.1, -0.05) is 6.42 Å². The summed E-state index contributed by atoms with van der Waals surface area (Å²) >= 11 is 0. The molecule has 1 heterocycles. The molecule has 1 saturated carbocycles. The molecule has 5 nitrogen and oxygen atoms in total. The molecule has 2 rings (SSSR count). The number of hydrogen-bond acceptors (Lipinski definition) is 3. The van der Waals surface area contributed by atoms with Crippen LogP contribution >= 0.6 is 0 Å². The molecule has 0 bridgehead atoms. The lowest BCUT2D eigenvalue weighted by atomic mass is 9.99. The van der Waals surface area contributed by atoms with Crippen molar-refractivity contribution < 1.29 is 4.74 Å². The van der Waals surface area contributed by atoms with Crippen molar-refractivity contribution >= 4 is 5.96 Å². The van der Waals surface area contributed by atoms with Crippen molar-refractivity contribution in [2.24, 2.45) is 10.9 Å².